The zero-order valence-electron chi connectivity index (χ0n) is 9.06. The second kappa shape index (κ2) is 6.05. The van der Waals surface area contributed by atoms with Crippen LogP contribution in [0.25, 0.3) is 0 Å². The van der Waals surface area contributed by atoms with Crippen LogP contribution in [0.5, 0.6) is 0 Å². The Morgan fingerprint density at radius 3 is 2.80 bits per heavy atom. The standard InChI is InChI=1S/C10H19NO4/c1-2-11-8(10(13)14)4-3-5-9(11)15-7-6-12/h8-9,12H,2-7H2,1H3,(H,13,14). The third kappa shape index (κ3) is 3.15. The van der Waals surface area contributed by atoms with Crippen LogP contribution in [0.15, 0.2) is 0 Å². The molecule has 1 fully saturated rings. The van der Waals surface area contributed by atoms with Gasteiger partial charge in [-0.2, -0.15) is 0 Å². The molecule has 15 heavy (non-hydrogen) atoms. The van der Waals surface area contributed by atoms with Crippen molar-refractivity contribution in [3.05, 3.63) is 0 Å². The summed E-state index contributed by atoms with van der Waals surface area (Å²) in [4.78, 5) is 12.8. The monoisotopic (exact) mass is 217 g/mol. The Morgan fingerprint density at radius 1 is 1.53 bits per heavy atom. The maximum Gasteiger partial charge on any atom is 0.320 e. The Bertz CT molecular complexity index is 210. The molecule has 2 N–H and O–H groups in total. The van der Waals surface area contributed by atoms with Gasteiger partial charge in [-0.25, -0.2) is 0 Å². The number of aliphatic hydroxyl groups is 1. The predicted octanol–water partition coefficient (Wildman–Crippen LogP) is 0.280. The van der Waals surface area contributed by atoms with Crippen molar-refractivity contribution in [2.45, 2.75) is 38.5 Å². The number of ether oxygens (including phenoxy) is 1. The van der Waals surface area contributed by atoms with Gasteiger partial charge in [-0.05, 0) is 25.8 Å². The Balaban J connectivity index is 2.58. The molecule has 5 nitrogen and oxygen atoms in total. The smallest absolute Gasteiger partial charge is 0.320 e. The predicted molar refractivity (Wildman–Crippen MR) is 54.5 cm³/mol. The van der Waals surface area contributed by atoms with Gasteiger partial charge in [0, 0.05) is 0 Å². The summed E-state index contributed by atoms with van der Waals surface area (Å²) in [6.45, 7) is 2.84. The lowest BCUT2D eigenvalue weighted by Gasteiger charge is -2.38. The van der Waals surface area contributed by atoms with E-state index in [-0.39, 0.29) is 19.4 Å². The first-order valence-corrected chi connectivity index (χ1v) is 5.41. The fourth-order valence-electron chi connectivity index (χ4n) is 2.08. The Hall–Kier alpha value is -0.650. The molecule has 0 saturated carbocycles. The summed E-state index contributed by atoms with van der Waals surface area (Å²) >= 11 is 0. The molecule has 1 aliphatic heterocycles. The van der Waals surface area contributed by atoms with E-state index in [9.17, 15) is 4.79 Å². The molecule has 0 aromatic heterocycles. The van der Waals surface area contributed by atoms with E-state index >= 15 is 0 Å². The normalized spacial score (nSPS) is 27.9. The number of hydrogen-bond donors (Lipinski definition) is 2. The van der Waals surface area contributed by atoms with Gasteiger partial charge in [0.2, 0.25) is 0 Å². The molecule has 0 bridgehead atoms. The molecule has 0 spiro atoms. The minimum absolute atomic E-state index is 0.0220. The molecule has 0 amide bonds. The van der Waals surface area contributed by atoms with Crippen molar-refractivity contribution in [1.82, 2.24) is 4.90 Å². The number of likely N-dealkylation sites (tertiary alicyclic amines) is 1. The lowest BCUT2D eigenvalue weighted by molar-refractivity contribution is -0.158. The van der Waals surface area contributed by atoms with Crippen LogP contribution in [0, 0.1) is 0 Å². The zero-order valence-corrected chi connectivity index (χ0v) is 9.06. The fraction of sp³-hybridized carbons (Fsp3) is 0.900. The molecule has 0 aromatic carbocycles. The number of piperidine rings is 1. The van der Waals surface area contributed by atoms with E-state index in [1.165, 1.54) is 0 Å². The van der Waals surface area contributed by atoms with Crippen LogP contribution < -0.4 is 0 Å². The van der Waals surface area contributed by atoms with Crippen molar-refractivity contribution in [3.63, 3.8) is 0 Å². The maximum absolute atomic E-state index is 11.0. The second-order valence-corrected chi connectivity index (χ2v) is 3.66. The van der Waals surface area contributed by atoms with Crippen LogP contribution in [0.3, 0.4) is 0 Å². The Morgan fingerprint density at radius 2 is 2.27 bits per heavy atom. The Kier molecular flexibility index (Phi) is 5.01. The van der Waals surface area contributed by atoms with Crippen molar-refractivity contribution in [1.29, 1.82) is 0 Å². The molecule has 5 heteroatoms. The number of aliphatic hydroxyl groups excluding tert-OH is 1. The van der Waals surface area contributed by atoms with Crippen molar-refractivity contribution in [3.8, 4) is 0 Å². The van der Waals surface area contributed by atoms with Gasteiger partial charge >= 0.3 is 5.97 Å². The number of carboxylic acids is 1. The quantitative estimate of drug-likeness (QED) is 0.692. The summed E-state index contributed by atoms with van der Waals surface area (Å²) in [7, 11) is 0. The van der Waals surface area contributed by atoms with Gasteiger partial charge in [0.05, 0.1) is 13.2 Å². The van der Waals surface area contributed by atoms with Crippen molar-refractivity contribution in [2.75, 3.05) is 19.8 Å². The topological polar surface area (TPSA) is 70.0 Å². The number of aliphatic carboxylic acids is 1. The molecule has 0 aliphatic carbocycles. The molecule has 88 valence electrons. The van der Waals surface area contributed by atoms with Gasteiger partial charge in [-0.15, -0.1) is 0 Å². The van der Waals surface area contributed by atoms with E-state index in [0.29, 0.717) is 13.0 Å². The maximum atomic E-state index is 11.0. The molecule has 0 aromatic rings. The van der Waals surface area contributed by atoms with E-state index in [1.807, 2.05) is 11.8 Å². The van der Waals surface area contributed by atoms with E-state index in [0.717, 1.165) is 12.8 Å². The lowest BCUT2D eigenvalue weighted by atomic mass is 10.0. The van der Waals surface area contributed by atoms with E-state index < -0.39 is 12.0 Å². The van der Waals surface area contributed by atoms with Gasteiger partial charge in [-0.1, -0.05) is 6.92 Å². The second-order valence-electron chi connectivity index (χ2n) is 3.66. The number of hydrogen-bond acceptors (Lipinski definition) is 4. The fourth-order valence-corrected chi connectivity index (χ4v) is 2.08. The van der Waals surface area contributed by atoms with Gasteiger partial charge < -0.3 is 14.9 Å². The van der Waals surface area contributed by atoms with Gasteiger partial charge in [0.15, 0.2) is 0 Å². The lowest BCUT2D eigenvalue weighted by Crippen LogP contribution is -2.51. The first-order chi connectivity index (χ1) is 7.20. The number of carbonyl (C=O) groups is 1. The number of nitrogens with zero attached hydrogens (tertiary/aromatic N) is 1. The van der Waals surface area contributed by atoms with Gasteiger partial charge in [0.25, 0.3) is 0 Å². The summed E-state index contributed by atoms with van der Waals surface area (Å²) in [5.41, 5.74) is 0. The minimum Gasteiger partial charge on any atom is -0.480 e. The van der Waals surface area contributed by atoms with Crippen LogP contribution in [-0.2, 0) is 9.53 Å². The van der Waals surface area contributed by atoms with Crippen LogP contribution in [0.1, 0.15) is 26.2 Å². The number of rotatable bonds is 5. The Labute approximate surface area is 89.6 Å². The van der Waals surface area contributed by atoms with Crippen LogP contribution in [0.2, 0.25) is 0 Å². The molecule has 1 aliphatic rings. The third-order valence-electron chi connectivity index (χ3n) is 2.75. The van der Waals surface area contributed by atoms with Gasteiger partial charge in [0.1, 0.15) is 12.3 Å². The molecule has 1 heterocycles. The summed E-state index contributed by atoms with van der Waals surface area (Å²) in [5.74, 6) is -0.783. The number of carboxylic acid groups (broad SMARTS) is 1. The van der Waals surface area contributed by atoms with E-state index in [2.05, 4.69) is 0 Å². The first-order valence-electron chi connectivity index (χ1n) is 5.41. The summed E-state index contributed by atoms with van der Waals surface area (Å²) in [6, 6.07) is -0.438. The highest BCUT2D eigenvalue weighted by molar-refractivity contribution is 5.73. The average Bonchev–Trinajstić information content (AvgIpc) is 2.25. The van der Waals surface area contributed by atoms with E-state index in [1.54, 1.807) is 0 Å². The molecule has 2 unspecified atom stereocenters. The highest BCUT2D eigenvalue weighted by Crippen LogP contribution is 2.23. The molecular formula is C10H19NO4. The third-order valence-corrected chi connectivity index (χ3v) is 2.75. The van der Waals surface area contributed by atoms with E-state index in [4.69, 9.17) is 14.9 Å². The summed E-state index contributed by atoms with van der Waals surface area (Å²) in [5, 5.41) is 17.7. The average molecular weight is 217 g/mol. The SMILES string of the molecule is CCN1C(OCCO)CCCC1C(=O)O. The summed E-state index contributed by atoms with van der Waals surface area (Å²) in [6.07, 6.45) is 2.24. The molecular weight excluding hydrogens is 198 g/mol. The van der Waals surface area contributed by atoms with Gasteiger partial charge in [-0.3, -0.25) is 9.69 Å². The molecule has 2 atom stereocenters. The largest absolute Gasteiger partial charge is 0.480 e. The van der Waals surface area contributed by atoms with Crippen LogP contribution in [-0.4, -0.2) is 53.1 Å². The summed E-state index contributed by atoms with van der Waals surface area (Å²) < 4.78 is 5.43. The highest BCUT2D eigenvalue weighted by atomic mass is 16.5. The highest BCUT2D eigenvalue weighted by Gasteiger charge is 2.34. The van der Waals surface area contributed by atoms with Crippen LogP contribution in [0.4, 0.5) is 0 Å². The van der Waals surface area contributed by atoms with Crippen molar-refractivity contribution >= 4 is 5.97 Å². The van der Waals surface area contributed by atoms with Crippen LogP contribution >= 0.6 is 0 Å². The van der Waals surface area contributed by atoms with Crippen molar-refractivity contribution in [2.24, 2.45) is 0 Å². The molecule has 1 rings (SSSR count). The zero-order chi connectivity index (χ0) is 11.3. The number of likely N-dealkylation sites (N-methyl/N-ethyl adjacent to an activating group) is 1. The van der Waals surface area contributed by atoms with Crippen molar-refractivity contribution < 1.29 is 19.7 Å². The first kappa shape index (κ1) is 12.4. The minimum atomic E-state index is -0.783. The molecule has 0 radical (unpaired) electrons. The molecule has 1 saturated heterocycles.